The first-order valence-corrected chi connectivity index (χ1v) is 7.92. The van der Waals surface area contributed by atoms with Crippen LogP contribution in [-0.4, -0.2) is 68.5 Å². The van der Waals surface area contributed by atoms with Gasteiger partial charge in [-0.1, -0.05) is 0 Å². The molecule has 8 heteroatoms. The van der Waals surface area contributed by atoms with E-state index in [0.717, 1.165) is 18.9 Å². The molecule has 0 radical (unpaired) electrons. The number of carbonyl (C=O) groups is 1. The van der Waals surface area contributed by atoms with Gasteiger partial charge in [0.2, 0.25) is 0 Å². The Hall–Kier alpha value is -1.77. The van der Waals surface area contributed by atoms with Crippen molar-refractivity contribution >= 4 is 11.7 Å². The van der Waals surface area contributed by atoms with Crippen LogP contribution in [0.25, 0.3) is 0 Å². The van der Waals surface area contributed by atoms with Crippen molar-refractivity contribution in [2.45, 2.75) is 20.1 Å². The summed E-state index contributed by atoms with van der Waals surface area (Å²) in [5.41, 5.74) is 0.272. The Balaban J connectivity index is 1.86. The zero-order valence-electron chi connectivity index (χ0n) is 13.7. The minimum absolute atomic E-state index is 0.271. The quantitative estimate of drug-likeness (QED) is 0.695. The molecule has 1 aliphatic rings. The van der Waals surface area contributed by atoms with Crippen LogP contribution >= 0.6 is 0 Å². The Kier molecular flexibility index (Phi) is 7.18. The van der Waals surface area contributed by atoms with Gasteiger partial charge in [-0.15, -0.1) is 10.2 Å². The molecule has 0 aliphatic carbocycles. The molecule has 1 amide bonds. The Morgan fingerprint density at radius 2 is 1.96 bits per heavy atom. The lowest BCUT2D eigenvalue weighted by atomic mass is 10.3. The summed E-state index contributed by atoms with van der Waals surface area (Å²) in [4.78, 5) is 14.2. The van der Waals surface area contributed by atoms with Crippen LogP contribution < -0.4 is 10.2 Å². The van der Waals surface area contributed by atoms with Crippen molar-refractivity contribution in [1.82, 2.24) is 15.5 Å². The van der Waals surface area contributed by atoms with Gasteiger partial charge >= 0.3 is 0 Å². The minimum Gasteiger partial charge on any atom is -0.378 e. The largest absolute Gasteiger partial charge is 0.378 e. The number of anilines is 1. The highest BCUT2D eigenvalue weighted by molar-refractivity contribution is 5.92. The second kappa shape index (κ2) is 9.39. The Morgan fingerprint density at radius 1 is 1.26 bits per heavy atom. The minimum atomic E-state index is -0.450. The molecule has 0 saturated carbocycles. The number of nitrogens with zero attached hydrogens (tertiary/aromatic N) is 3. The average Bonchev–Trinajstić information content (AvgIpc) is 2.61. The molecule has 1 N–H and O–H groups in total. The van der Waals surface area contributed by atoms with Crippen LogP contribution in [0.1, 0.15) is 24.3 Å². The van der Waals surface area contributed by atoms with Crippen molar-refractivity contribution in [2.24, 2.45) is 0 Å². The zero-order chi connectivity index (χ0) is 16.5. The lowest BCUT2D eigenvalue weighted by Gasteiger charge is -2.27. The van der Waals surface area contributed by atoms with Gasteiger partial charge < -0.3 is 24.4 Å². The van der Waals surface area contributed by atoms with E-state index in [2.05, 4.69) is 20.4 Å². The third kappa shape index (κ3) is 5.42. The molecule has 0 atom stereocenters. The molecular weight excluding hydrogens is 300 g/mol. The van der Waals surface area contributed by atoms with E-state index >= 15 is 0 Å². The zero-order valence-corrected chi connectivity index (χ0v) is 13.7. The van der Waals surface area contributed by atoms with Gasteiger partial charge in [0.1, 0.15) is 0 Å². The lowest BCUT2D eigenvalue weighted by Crippen LogP contribution is -2.37. The number of rotatable bonds is 8. The Bertz CT molecular complexity index is 471. The molecule has 1 aromatic heterocycles. The van der Waals surface area contributed by atoms with E-state index in [1.807, 2.05) is 13.8 Å². The number of morpholine rings is 1. The van der Waals surface area contributed by atoms with E-state index < -0.39 is 6.29 Å². The number of nitrogens with one attached hydrogen (secondary N) is 1. The van der Waals surface area contributed by atoms with Gasteiger partial charge in [0, 0.05) is 26.3 Å². The summed E-state index contributed by atoms with van der Waals surface area (Å²) < 4.78 is 16.1. The van der Waals surface area contributed by atoms with Crippen LogP contribution in [0.4, 0.5) is 5.82 Å². The molecule has 2 rings (SSSR count). The highest BCUT2D eigenvalue weighted by atomic mass is 16.7. The smallest absolute Gasteiger partial charge is 0.271 e. The molecule has 1 aromatic rings. The maximum Gasteiger partial charge on any atom is 0.271 e. The second-order valence-corrected chi connectivity index (χ2v) is 4.93. The third-order valence-corrected chi connectivity index (χ3v) is 3.35. The van der Waals surface area contributed by atoms with Crippen molar-refractivity contribution in [1.29, 1.82) is 0 Å². The van der Waals surface area contributed by atoms with Crippen LogP contribution in [0.2, 0.25) is 0 Å². The van der Waals surface area contributed by atoms with Crippen molar-refractivity contribution in [3.8, 4) is 0 Å². The highest BCUT2D eigenvalue weighted by Crippen LogP contribution is 2.11. The summed E-state index contributed by atoms with van der Waals surface area (Å²) in [5.74, 6) is 0.460. The molecule has 23 heavy (non-hydrogen) atoms. The molecule has 2 heterocycles. The monoisotopic (exact) mass is 324 g/mol. The molecule has 0 bridgehead atoms. The normalized spacial score (nSPS) is 15.0. The predicted molar refractivity (Wildman–Crippen MR) is 84.4 cm³/mol. The van der Waals surface area contributed by atoms with Gasteiger partial charge in [-0.2, -0.15) is 0 Å². The van der Waals surface area contributed by atoms with Crippen molar-refractivity contribution < 1.29 is 19.0 Å². The fraction of sp³-hybridized carbons (Fsp3) is 0.667. The van der Waals surface area contributed by atoms with Crippen LogP contribution in [0.5, 0.6) is 0 Å². The maximum absolute atomic E-state index is 12.1. The number of hydrogen-bond acceptors (Lipinski definition) is 7. The van der Waals surface area contributed by atoms with E-state index in [-0.39, 0.29) is 18.1 Å². The van der Waals surface area contributed by atoms with Gasteiger partial charge in [0.15, 0.2) is 17.8 Å². The van der Waals surface area contributed by atoms with Crippen molar-refractivity contribution in [2.75, 3.05) is 51.0 Å². The van der Waals surface area contributed by atoms with Crippen molar-refractivity contribution in [3.05, 3.63) is 17.8 Å². The molecule has 0 unspecified atom stereocenters. The number of carbonyl (C=O) groups excluding carboxylic acids is 1. The summed E-state index contributed by atoms with van der Waals surface area (Å²) in [6.45, 7) is 8.00. The summed E-state index contributed by atoms with van der Waals surface area (Å²) in [5, 5.41) is 10.9. The lowest BCUT2D eigenvalue weighted by molar-refractivity contribution is -0.131. The molecule has 1 aliphatic heterocycles. The van der Waals surface area contributed by atoms with E-state index in [9.17, 15) is 4.79 Å². The average molecular weight is 324 g/mol. The van der Waals surface area contributed by atoms with Crippen LogP contribution in [-0.2, 0) is 14.2 Å². The Labute approximate surface area is 136 Å². The van der Waals surface area contributed by atoms with Crippen LogP contribution in [0, 0.1) is 0 Å². The first-order chi connectivity index (χ1) is 11.2. The van der Waals surface area contributed by atoms with E-state index in [1.54, 1.807) is 12.1 Å². The topological polar surface area (TPSA) is 85.8 Å². The van der Waals surface area contributed by atoms with Gasteiger partial charge in [0.05, 0.1) is 19.8 Å². The molecule has 0 spiro atoms. The fourth-order valence-corrected chi connectivity index (χ4v) is 2.21. The Morgan fingerprint density at radius 3 is 2.52 bits per heavy atom. The standard InChI is InChI=1S/C15H24N4O4/c1-3-22-14(23-4-2)11-16-15(20)12-5-6-13(18-17-12)19-7-9-21-10-8-19/h5-6,14H,3-4,7-11H2,1-2H3,(H,16,20). The first kappa shape index (κ1) is 17.6. The van der Waals surface area contributed by atoms with Gasteiger partial charge in [-0.25, -0.2) is 0 Å². The molecule has 0 aromatic carbocycles. The molecule has 8 nitrogen and oxygen atoms in total. The predicted octanol–water partition coefficient (Wildman–Crippen LogP) is 0.442. The van der Waals surface area contributed by atoms with Crippen molar-refractivity contribution in [3.63, 3.8) is 0 Å². The molecule has 1 fully saturated rings. The van der Waals surface area contributed by atoms with E-state index in [1.165, 1.54) is 0 Å². The van der Waals surface area contributed by atoms with Gasteiger partial charge in [0.25, 0.3) is 5.91 Å². The van der Waals surface area contributed by atoms with Gasteiger partial charge in [-0.3, -0.25) is 4.79 Å². The summed E-state index contributed by atoms with van der Waals surface area (Å²) in [6.07, 6.45) is -0.450. The summed E-state index contributed by atoms with van der Waals surface area (Å²) >= 11 is 0. The first-order valence-electron chi connectivity index (χ1n) is 7.92. The molecular formula is C15H24N4O4. The number of amides is 1. The van der Waals surface area contributed by atoms with E-state index in [0.29, 0.717) is 26.4 Å². The molecule has 1 saturated heterocycles. The maximum atomic E-state index is 12.1. The SMILES string of the molecule is CCOC(CNC(=O)c1ccc(N2CCOCC2)nn1)OCC. The molecule has 128 valence electrons. The number of hydrogen-bond donors (Lipinski definition) is 1. The second-order valence-electron chi connectivity index (χ2n) is 4.93. The number of ether oxygens (including phenoxy) is 3. The van der Waals surface area contributed by atoms with E-state index in [4.69, 9.17) is 14.2 Å². The van der Waals surface area contributed by atoms with Crippen LogP contribution in [0.3, 0.4) is 0 Å². The summed E-state index contributed by atoms with van der Waals surface area (Å²) in [6, 6.07) is 3.47. The third-order valence-electron chi connectivity index (χ3n) is 3.35. The highest BCUT2D eigenvalue weighted by Gasteiger charge is 2.15. The fourth-order valence-electron chi connectivity index (χ4n) is 2.21. The van der Waals surface area contributed by atoms with Crippen LogP contribution in [0.15, 0.2) is 12.1 Å². The number of aromatic nitrogens is 2. The summed E-state index contributed by atoms with van der Waals surface area (Å²) in [7, 11) is 0. The van der Waals surface area contributed by atoms with Gasteiger partial charge in [-0.05, 0) is 26.0 Å².